The summed E-state index contributed by atoms with van der Waals surface area (Å²) >= 11 is 1.31. The van der Waals surface area contributed by atoms with Crippen molar-refractivity contribution in [3.8, 4) is 11.4 Å². The molecule has 0 aliphatic heterocycles. The number of hydrogen-bond acceptors (Lipinski definition) is 5. The Labute approximate surface area is 155 Å². The van der Waals surface area contributed by atoms with Gasteiger partial charge >= 0.3 is 0 Å². The molecule has 1 aliphatic carbocycles. The van der Waals surface area contributed by atoms with E-state index in [0.717, 1.165) is 41.3 Å². The molecule has 3 N–H and O–H groups in total. The van der Waals surface area contributed by atoms with Gasteiger partial charge in [0.25, 0.3) is 0 Å². The molecule has 8 heteroatoms. The van der Waals surface area contributed by atoms with Crippen LogP contribution >= 0.6 is 11.8 Å². The van der Waals surface area contributed by atoms with E-state index in [-0.39, 0.29) is 11.7 Å². The summed E-state index contributed by atoms with van der Waals surface area (Å²) in [7, 11) is 0. The Morgan fingerprint density at radius 3 is 2.85 bits per heavy atom. The number of amides is 1. The fraction of sp³-hybridized carbons (Fsp3) is 0.333. The zero-order valence-electron chi connectivity index (χ0n) is 14.7. The van der Waals surface area contributed by atoms with Gasteiger partial charge < -0.3 is 5.32 Å². The zero-order valence-corrected chi connectivity index (χ0v) is 15.5. The van der Waals surface area contributed by atoms with Gasteiger partial charge in [-0.3, -0.25) is 15.0 Å². The quantitative estimate of drug-likeness (QED) is 0.601. The number of aromatic amines is 2. The number of hydrogen-bond donors (Lipinski definition) is 3. The highest BCUT2D eigenvalue weighted by Gasteiger charge is 2.15. The van der Waals surface area contributed by atoms with E-state index in [9.17, 15) is 4.79 Å². The summed E-state index contributed by atoms with van der Waals surface area (Å²) < 4.78 is 0. The minimum Gasteiger partial charge on any atom is -0.322 e. The number of H-pyrrole nitrogens is 2. The zero-order chi connectivity index (χ0) is 18.1. The number of nitrogens with zero attached hydrogens (tertiary/aromatic N) is 3. The van der Waals surface area contributed by atoms with Gasteiger partial charge in [-0.1, -0.05) is 23.9 Å². The summed E-state index contributed by atoms with van der Waals surface area (Å²) in [6.45, 7) is 3.73. The Morgan fingerprint density at radius 1 is 1.19 bits per heavy atom. The second-order valence-corrected chi connectivity index (χ2v) is 7.39. The first-order valence-corrected chi connectivity index (χ1v) is 9.57. The molecular weight excluding hydrogens is 348 g/mol. The smallest absolute Gasteiger partial charge is 0.234 e. The molecule has 0 atom stereocenters. The highest BCUT2D eigenvalue weighted by Crippen LogP contribution is 2.27. The lowest BCUT2D eigenvalue weighted by atomic mass is 10.1. The molecule has 0 saturated heterocycles. The third kappa shape index (κ3) is 3.37. The predicted molar refractivity (Wildman–Crippen MR) is 101 cm³/mol. The molecule has 3 aromatic rings. The van der Waals surface area contributed by atoms with Crippen molar-refractivity contribution in [3.63, 3.8) is 0 Å². The number of rotatable bonds is 5. The second-order valence-electron chi connectivity index (χ2n) is 6.45. The van der Waals surface area contributed by atoms with Crippen LogP contribution in [0.1, 0.15) is 28.9 Å². The molecule has 0 saturated carbocycles. The maximum atomic E-state index is 12.2. The molecule has 0 radical (unpaired) electrons. The predicted octanol–water partition coefficient (Wildman–Crippen LogP) is 3.03. The first kappa shape index (κ1) is 16.8. The molecule has 1 amide bonds. The number of aromatic nitrogens is 5. The number of carbonyl (C=O) groups excluding carboxylic acids is 1. The molecule has 0 spiro atoms. The molecule has 134 valence electrons. The van der Waals surface area contributed by atoms with E-state index in [1.54, 1.807) is 0 Å². The van der Waals surface area contributed by atoms with Crippen molar-refractivity contribution in [1.82, 2.24) is 25.4 Å². The van der Waals surface area contributed by atoms with Crippen molar-refractivity contribution in [2.75, 3.05) is 11.1 Å². The number of carbonyl (C=O) groups is 1. The maximum absolute atomic E-state index is 12.2. The van der Waals surface area contributed by atoms with E-state index >= 15 is 0 Å². The van der Waals surface area contributed by atoms with Crippen LogP contribution in [0.5, 0.6) is 0 Å². The number of fused-ring (bicyclic) bond motifs is 1. The molecule has 4 rings (SSSR count). The summed E-state index contributed by atoms with van der Waals surface area (Å²) in [6, 6.07) is 6.45. The largest absolute Gasteiger partial charge is 0.322 e. The van der Waals surface area contributed by atoms with Gasteiger partial charge in [0, 0.05) is 5.56 Å². The third-order valence-electron chi connectivity index (χ3n) is 4.56. The highest BCUT2D eigenvalue weighted by atomic mass is 32.2. The first-order valence-electron chi connectivity index (χ1n) is 8.59. The summed E-state index contributed by atoms with van der Waals surface area (Å²) in [5.74, 6) is 0.876. The molecule has 26 heavy (non-hydrogen) atoms. The summed E-state index contributed by atoms with van der Waals surface area (Å²) in [5, 5.41) is 17.6. The standard InChI is InChI=1S/C18H20N6OS/c1-10-16(11(2)22-21-10)19-15(25)9-26-18-20-17(23-24-18)14-7-6-12-4-3-5-13(12)8-14/h6-8H,3-5,9H2,1-2H3,(H,19,25)(H,21,22)(H,20,23,24). The van der Waals surface area contributed by atoms with Gasteiger partial charge in [0.05, 0.1) is 22.8 Å². The van der Waals surface area contributed by atoms with Crippen LogP contribution in [-0.2, 0) is 17.6 Å². The van der Waals surface area contributed by atoms with Crippen molar-refractivity contribution >= 4 is 23.4 Å². The maximum Gasteiger partial charge on any atom is 0.234 e. The third-order valence-corrected chi connectivity index (χ3v) is 5.41. The Balaban J connectivity index is 1.39. The summed E-state index contributed by atoms with van der Waals surface area (Å²) in [5.41, 5.74) is 6.24. The average molecular weight is 368 g/mol. The Hall–Kier alpha value is -2.61. The van der Waals surface area contributed by atoms with Crippen LogP contribution in [0.15, 0.2) is 23.4 Å². The highest BCUT2D eigenvalue weighted by molar-refractivity contribution is 7.99. The van der Waals surface area contributed by atoms with Crippen molar-refractivity contribution in [1.29, 1.82) is 0 Å². The van der Waals surface area contributed by atoms with E-state index < -0.39 is 0 Å². The molecule has 1 aliphatic rings. The number of aryl methyl sites for hydroxylation is 4. The molecule has 2 aromatic heterocycles. The Morgan fingerprint density at radius 2 is 2.04 bits per heavy atom. The van der Waals surface area contributed by atoms with Gasteiger partial charge in [-0.15, -0.1) is 5.10 Å². The van der Waals surface area contributed by atoms with Gasteiger partial charge in [-0.25, -0.2) is 4.98 Å². The number of thioether (sulfide) groups is 1. The van der Waals surface area contributed by atoms with Crippen LogP contribution in [0.25, 0.3) is 11.4 Å². The van der Waals surface area contributed by atoms with Crippen LogP contribution in [-0.4, -0.2) is 37.0 Å². The van der Waals surface area contributed by atoms with Crippen molar-refractivity contribution < 1.29 is 4.79 Å². The van der Waals surface area contributed by atoms with Crippen LogP contribution < -0.4 is 5.32 Å². The van der Waals surface area contributed by atoms with Crippen molar-refractivity contribution in [2.24, 2.45) is 0 Å². The minimum atomic E-state index is -0.105. The number of benzene rings is 1. The number of anilines is 1. The van der Waals surface area contributed by atoms with Crippen molar-refractivity contribution in [3.05, 3.63) is 40.7 Å². The SMILES string of the molecule is Cc1n[nH]c(C)c1NC(=O)CSc1n[nH]c(-c2ccc3c(c2)CCC3)n1. The molecule has 0 fully saturated rings. The minimum absolute atomic E-state index is 0.105. The molecule has 1 aromatic carbocycles. The fourth-order valence-corrected chi connectivity index (χ4v) is 3.80. The van der Waals surface area contributed by atoms with Gasteiger partial charge in [0.2, 0.25) is 11.1 Å². The Kier molecular flexibility index (Phi) is 4.50. The van der Waals surface area contributed by atoms with Gasteiger partial charge in [-0.05, 0) is 50.3 Å². The molecule has 0 unspecified atom stereocenters. The van der Waals surface area contributed by atoms with Crippen LogP contribution in [0, 0.1) is 13.8 Å². The Bertz CT molecular complexity index is 941. The van der Waals surface area contributed by atoms with E-state index in [0.29, 0.717) is 5.16 Å². The monoisotopic (exact) mass is 368 g/mol. The first-order chi connectivity index (χ1) is 12.6. The van der Waals surface area contributed by atoms with Crippen molar-refractivity contribution in [2.45, 2.75) is 38.3 Å². The van der Waals surface area contributed by atoms with Gasteiger partial charge in [0.15, 0.2) is 5.82 Å². The van der Waals surface area contributed by atoms with Gasteiger partial charge in [-0.2, -0.15) is 5.10 Å². The van der Waals surface area contributed by atoms with E-state index in [1.807, 2.05) is 13.8 Å². The normalized spacial score (nSPS) is 13.0. The topological polar surface area (TPSA) is 99.4 Å². The van der Waals surface area contributed by atoms with Crippen LogP contribution in [0.3, 0.4) is 0 Å². The van der Waals surface area contributed by atoms with E-state index in [4.69, 9.17) is 0 Å². The molecular formula is C18H20N6OS. The lowest BCUT2D eigenvalue weighted by Gasteiger charge is -2.03. The van der Waals surface area contributed by atoms with E-state index in [1.165, 1.54) is 29.3 Å². The van der Waals surface area contributed by atoms with Crippen LogP contribution in [0.2, 0.25) is 0 Å². The average Bonchev–Trinajstić information content (AvgIpc) is 3.35. The van der Waals surface area contributed by atoms with E-state index in [2.05, 4.69) is 48.9 Å². The lowest BCUT2D eigenvalue weighted by molar-refractivity contribution is -0.113. The second kappa shape index (κ2) is 6.95. The molecule has 0 bridgehead atoms. The fourth-order valence-electron chi connectivity index (χ4n) is 3.20. The summed E-state index contributed by atoms with van der Waals surface area (Å²) in [6.07, 6.45) is 3.52. The summed E-state index contributed by atoms with van der Waals surface area (Å²) in [4.78, 5) is 16.7. The van der Waals surface area contributed by atoms with Crippen LogP contribution in [0.4, 0.5) is 5.69 Å². The molecule has 7 nitrogen and oxygen atoms in total. The lowest BCUT2D eigenvalue weighted by Crippen LogP contribution is -2.15. The molecule has 2 heterocycles. The van der Waals surface area contributed by atoms with Gasteiger partial charge in [0.1, 0.15) is 0 Å². The number of nitrogens with one attached hydrogen (secondary N) is 3.